The molecule has 0 spiro atoms. The molecule has 0 aliphatic heterocycles. The average molecular weight is 275 g/mol. The molecule has 0 radical (unpaired) electrons. The van der Waals surface area contributed by atoms with E-state index < -0.39 is 0 Å². The van der Waals surface area contributed by atoms with Crippen molar-refractivity contribution in [3.05, 3.63) is 59.8 Å². The van der Waals surface area contributed by atoms with Gasteiger partial charge in [-0.25, -0.2) is 4.68 Å². The molecule has 3 rings (SSSR count). The van der Waals surface area contributed by atoms with E-state index >= 15 is 0 Å². The number of hydrogen-bond donors (Lipinski definition) is 0. The molecule has 0 fully saturated rings. The van der Waals surface area contributed by atoms with Gasteiger partial charge in [-0.05, 0) is 54.3 Å². The van der Waals surface area contributed by atoms with Gasteiger partial charge >= 0.3 is 0 Å². The Hall–Kier alpha value is -2.60. The first-order valence-corrected chi connectivity index (χ1v) is 7.14. The molecular formula is C18H17N3. The second-order valence-corrected chi connectivity index (χ2v) is 5.72. The molecule has 2 aromatic carbocycles. The van der Waals surface area contributed by atoms with Crippen LogP contribution in [0.5, 0.6) is 0 Å². The Morgan fingerprint density at radius 2 is 1.90 bits per heavy atom. The Bertz CT molecular complexity index is 805. The van der Waals surface area contributed by atoms with Crippen molar-refractivity contribution in [1.82, 2.24) is 9.78 Å². The van der Waals surface area contributed by atoms with Crippen LogP contribution in [0.3, 0.4) is 0 Å². The van der Waals surface area contributed by atoms with Crippen LogP contribution in [-0.2, 0) is 6.42 Å². The third kappa shape index (κ3) is 2.80. The fourth-order valence-electron chi connectivity index (χ4n) is 2.49. The van der Waals surface area contributed by atoms with Crippen LogP contribution in [0, 0.1) is 17.2 Å². The first-order chi connectivity index (χ1) is 10.2. The van der Waals surface area contributed by atoms with Crippen molar-refractivity contribution in [1.29, 1.82) is 5.26 Å². The fourth-order valence-corrected chi connectivity index (χ4v) is 2.49. The van der Waals surface area contributed by atoms with Gasteiger partial charge in [-0.15, -0.1) is 0 Å². The average Bonchev–Trinajstić information content (AvgIpc) is 2.90. The number of hydrogen-bond acceptors (Lipinski definition) is 2. The van der Waals surface area contributed by atoms with Crippen LogP contribution in [-0.4, -0.2) is 9.78 Å². The van der Waals surface area contributed by atoms with Gasteiger partial charge < -0.3 is 0 Å². The highest BCUT2D eigenvalue weighted by Gasteiger charge is 2.05. The van der Waals surface area contributed by atoms with Crippen LogP contribution in [0.2, 0.25) is 0 Å². The maximum atomic E-state index is 8.84. The van der Waals surface area contributed by atoms with E-state index in [-0.39, 0.29) is 0 Å². The molecule has 21 heavy (non-hydrogen) atoms. The minimum absolute atomic E-state index is 0.649. The minimum Gasteiger partial charge on any atom is -0.240 e. The largest absolute Gasteiger partial charge is 0.240 e. The molecule has 0 amide bonds. The van der Waals surface area contributed by atoms with Gasteiger partial charge in [-0.3, -0.25) is 0 Å². The van der Waals surface area contributed by atoms with E-state index in [0.29, 0.717) is 11.5 Å². The minimum atomic E-state index is 0.649. The predicted octanol–water partition coefficient (Wildman–Crippen LogP) is 4.10. The second-order valence-electron chi connectivity index (χ2n) is 5.72. The lowest BCUT2D eigenvalue weighted by atomic mass is 10.0. The highest BCUT2D eigenvalue weighted by molar-refractivity contribution is 5.79. The van der Waals surface area contributed by atoms with Crippen molar-refractivity contribution < 1.29 is 0 Å². The molecule has 3 heteroatoms. The van der Waals surface area contributed by atoms with Crippen LogP contribution in [0.25, 0.3) is 16.6 Å². The highest BCUT2D eigenvalue weighted by Crippen LogP contribution is 2.19. The normalized spacial score (nSPS) is 11.0. The summed E-state index contributed by atoms with van der Waals surface area (Å²) in [6, 6.07) is 16.0. The standard InChI is InChI=1S/C18H17N3/c1-13(2)9-15-5-8-18-16(10-15)12-21(20-18)17-6-3-14(11-19)4-7-17/h3-8,10,12-13H,9H2,1-2H3. The molecule has 0 aliphatic rings. The van der Waals surface area contributed by atoms with Gasteiger partial charge in [0.2, 0.25) is 0 Å². The van der Waals surface area contributed by atoms with Crippen molar-refractivity contribution in [3.63, 3.8) is 0 Å². The number of fused-ring (bicyclic) bond motifs is 1. The Morgan fingerprint density at radius 1 is 1.14 bits per heavy atom. The maximum Gasteiger partial charge on any atom is 0.0991 e. The summed E-state index contributed by atoms with van der Waals surface area (Å²) in [5.41, 5.74) is 3.97. The highest BCUT2D eigenvalue weighted by atomic mass is 15.3. The van der Waals surface area contributed by atoms with Gasteiger partial charge in [0.15, 0.2) is 0 Å². The Morgan fingerprint density at radius 3 is 2.57 bits per heavy atom. The Kier molecular flexibility index (Phi) is 3.45. The topological polar surface area (TPSA) is 41.6 Å². The van der Waals surface area contributed by atoms with Gasteiger partial charge in [-0.2, -0.15) is 10.4 Å². The molecule has 1 aromatic heterocycles. The summed E-state index contributed by atoms with van der Waals surface area (Å²) in [5, 5.41) is 14.6. The van der Waals surface area contributed by atoms with E-state index in [2.05, 4.69) is 43.2 Å². The number of rotatable bonds is 3. The van der Waals surface area contributed by atoms with Gasteiger partial charge in [0.05, 0.1) is 22.8 Å². The van der Waals surface area contributed by atoms with Crippen molar-refractivity contribution in [2.75, 3.05) is 0 Å². The molecule has 0 bridgehead atoms. The van der Waals surface area contributed by atoms with E-state index in [9.17, 15) is 0 Å². The first-order valence-electron chi connectivity index (χ1n) is 7.14. The van der Waals surface area contributed by atoms with E-state index in [1.807, 2.05) is 35.1 Å². The SMILES string of the molecule is CC(C)Cc1ccc2nn(-c3ccc(C#N)cc3)cc2c1. The smallest absolute Gasteiger partial charge is 0.0991 e. The maximum absolute atomic E-state index is 8.84. The summed E-state index contributed by atoms with van der Waals surface area (Å²) in [6.45, 7) is 4.45. The summed E-state index contributed by atoms with van der Waals surface area (Å²) in [5.74, 6) is 0.649. The summed E-state index contributed by atoms with van der Waals surface area (Å²) in [7, 11) is 0. The molecule has 0 unspecified atom stereocenters. The van der Waals surface area contributed by atoms with E-state index in [0.717, 1.165) is 23.0 Å². The molecule has 1 heterocycles. The second kappa shape index (κ2) is 5.41. The Balaban J connectivity index is 1.98. The predicted molar refractivity (Wildman–Crippen MR) is 84.3 cm³/mol. The Labute approximate surface area is 124 Å². The lowest BCUT2D eigenvalue weighted by Gasteiger charge is -2.03. The zero-order valence-corrected chi connectivity index (χ0v) is 12.2. The van der Waals surface area contributed by atoms with Crippen LogP contribution in [0.4, 0.5) is 0 Å². The van der Waals surface area contributed by atoms with Crippen molar-refractivity contribution in [2.45, 2.75) is 20.3 Å². The number of benzene rings is 2. The van der Waals surface area contributed by atoms with E-state index in [1.54, 1.807) is 0 Å². The number of nitrogens with zero attached hydrogens (tertiary/aromatic N) is 3. The molecular weight excluding hydrogens is 258 g/mol. The van der Waals surface area contributed by atoms with Gasteiger partial charge in [0, 0.05) is 11.6 Å². The quantitative estimate of drug-likeness (QED) is 0.722. The van der Waals surface area contributed by atoms with E-state index in [4.69, 9.17) is 5.26 Å². The van der Waals surface area contributed by atoms with Crippen LogP contribution < -0.4 is 0 Å². The number of nitriles is 1. The third-order valence-electron chi connectivity index (χ3n) is 3.47. The monoisotopic (exact) mass is 275 g/mol. The van der Waals surface area contributed by atoms with Gasteiger partial charge in [-0.1, -0.05) is 19.9 Å². The van der Waals surface area contributed by atoms with Crippen LogP contribution in [0.1, 0.15) is 25.0 Å². The van der Waals surface area contributed by atoms with Crippen LogP contribution in [0.15, 0.2) is 48.7 Å². The summed E-state index contributed by atoms with van der Waals surface area (Å²) < 4.78 is 1.87. The van der Waals surface area contributed by atoms with Gasteiger partial charge in [0.1, 0.15) is 0 Å². The zero-order valence-electron chi connectivity index (χ0n) is 12.2. The molecule has 3 aromatic rings. The zero-order chi connectivity index (χ0) is 14.8. The molecule has 104 valence electrons. The lowest BCUT2D eigenvalue weighted by Crippen LogP contribution is -1.93. The van der Waals surface area contributed by atoms with Gasteiger partial charge in [0.25, 0.3) is 0 Å². The van der Waals surface area contributed by atoms with E-state index in [1.165, 1.54) is 5.56 Å². The lowest BCUT2D eigenvalue weighted by molar-refractivity contribution is 0.648. The molecule has 0 N–H and O–H groups in total. The summed E-state index contributed by atoms with van der Waals surface area (Å²) >= 11 is 0. The van der Waals surface area contributed by atoms with Crippen molar-refractivity contribution >= 4 is 10.9 Å². The molecule has 0 atom stereocenters. The molecule has 0 saturated heterocycles. The molecule has 0 saturated carbocycles. The molecule has 3 nitrogen and oxygen atoms in total. The molecule has 0 aliphatic carbocycles. The summed E-state index contributed by atoms with van der Waals surface area (Å²) in [4.78, 5) is 0. The van der Waals surface area contributed by atoms with Crippen molar-refractivity contribution in [2.24, 2.45) is 5.92 Å². The first kappa shape index (κ1) is 13.4. The fraction of sp³-hybridized carbons (Fsp3) is 0.222. The van der Waals surface area contributed by atoms with Crippen molar-refractivity contribution in [3.8, 4) is 11.8 Å². The van der Waals surface area contributed by atoms with Crippen LogP contribution >= 0.6 is 0 Å². The number of aromatic nitrogens is 2. The summed E-state index contributed by atoms with van der Waals surface area (Å²) in [6.07, 6.45) is 3.12. The third-order valence-corrected chi connectivity index (χ3v) is 3.47.